The van der Waals surface area contributed by atoms with E-state index in [4.69, 9.17) is 8.83 Å². The summed E-state index contributed by atoms with van der Waals surface area (Å²) in [6.07, 6.45) is 4.66. The minimum absolute atomic E-state index is 0.377. The summed E-state index contributed by atoms with van der Waals surface area (Å²) in [7, 11) is 0. The molecule has 0 aliphatic carbocycles. The molecule has 0 bridgehead atoms. The number of hydrogen-bond donors (Lipinski definition) is 0. The summed E-state index contributed by atoms with van der Waals surface area (Å²) < 4.78 is 11.6. The number of rotatable bonds is 3. The fourth-order valence-electron chi connectivity index (χ4n) is 4.27. The number of nitrogens with zero attached hydrogens (tertiary/aromatic N) is 3. The van der Waals surface area contributed by atoms with Gasteiger partial charge in [0.2, 0.25) is 0 Å². The Morgan fingerprint density at radius 2 is 1.65 bits per heavy atom. The van der Waals surface area contributed by atoms with Gasteiger partial charge in [0.1, 0.15) is 29.5 Å². The zero-order chi connectivity index (χ0) is 20.9. The van der Waals surface area contributed by atoms with Crippen molar-refractivity contribution in [3.8, 4) is 22.5 Å². The van der Waals surface area contributed by atoms with Crippen molar-refractivity contribution < 1.29 is 8.83 Å². The van der Waals surface area contributed by atoms with Gasteiger partial charge >= 0.3 is 0 Å². The summed E-state index contributed by atoms with van der Waals surface area (Å²) in [5.74, 6) is 0.377. The van der Waals surface area contributed by atoms with E-state index < -0.39 is 0 Å². The predicted octanol–water partition coefficient (Wildman–Crippen LogP) is 6.97. The number of fused-ring (bicyclic) bond motifs is 4. The lowest BCUT2D eigenvalue weighted by Crippen LogP contribution is -1.90. The average Bonchev–Trinajstić information content (AvgIpc) is 3.46. The highest BCUT2D eigenvalue weighted by atomic mass is 16.3. The highest BCUT2D eigenvalue weighted by Gasteiger charge is 2.18. The zero-order valence-electron chi connectivity index (χ0n) is 17.2. The topological polar surface area (TPSA) is 65.0 Å². The quantitative estimate of drug-likeness (QED) is 0.318. The van der Waals surface area contributed by atoms with Crippen molar-refractivity contribution in [1.29, 1.82) is 0 Å². The summed E-state index contributed by atoms with van der Waals surface area (Å²) in [6.45, 7) is 4.38. The first-order valence-corrected chi connectivity index (χ1v) is 10.3. The van der Waals surface area contributed by atoms with Crippen molar-refractivity contribution in [1.82, 2.24) is 15.0 Å². The number of para-hydroxylation sites is 2. The Balaban J connectivity index is 1.61. The average molecular weight is 405 g/mol. The molecule has 0 N–H and O–H groups in total. The highest BCUT2D eigenvalue weighted by Crippen LogP contribution is 2.39. The van der Waals surface area contributed by atoms with Gasteiger partial charge in [-0.05, 0) is 29.7 Å². The minimum atomic E-state index is 0.377. The molecule has 0 amide bonds. The van der Waals surface area contributed by atoms with E-state index in [1.807, 2.05) is 18.2 Å². The molecule has 0 radical (unpaired) electrons. The number of hydrogen-bond acceptors (Lipinski definition) is 5. The van der Waals surface area contributed by atoms with Crippen LogP contribution in [0.3, 0.4) is 0 Å². The Hall–Kier alpha value is -3.99. The van der Waals surface area contributed by atoms with Gasteiger partial charge in [0, 0.05) is 27.3 Å². The Labute approximate surface area is 178 Å². The molecule has 5 nitrogen and oxygen atoms in total. The molecule has 3 aromatic carbocycles. The predicted molar refractivity (Wildman–Crippen MR) is 122 cm³/mol. The Morgan fingerprint density at radius 1 is 0.806 bits per heavy atom. The van der Waals surface area contributed by atoms with Gasteiger partial charge in [-0.1, -0.05) is 50.2 Å². The number of benzene rings is 3. The zero-order valence-corrected chi connectivity index (χ0v) is 17.2. The van der Waals surface area contributed by atoms with Crippen LogP contribution in [0, 0.1) is 0 Å². The van der Waals surface area contributed by atoms with Crippen LogP contribution in [0.15, 0.2) is 82.4 Å². The van der Waals surface area contributed by atoms with E-state index in [0.29, 0.717) is 5.92 Å². The second-order valence-electron chi connectivity index (χ2n) is 7.99. The monoisotopic (exact) mass is 405 g/mol. The maximum atomic E-state index is 6.48. The third-order valence-corrected chi connectivity index (χ3v) is 5.80. The summed E-state index contributed by atoms with van der Waals surface area (Å²) in [6, 6.07) is 18.7. The van der Waals surface area contributed by atoms with Crippen molar-refractivity contribution in [2.45, 2.75) is 19.8 Å². The number of aromatic nitrogens is 3. The molecule has 0 fully saturated rings. The van der Waals surface area contributed by atoms with Gasteiger partial charge in [-0.25, -0.2) is 15.0 Å². The van der Waals surface area contributed by atoms with Crippen LogP contribution in [-0.4, -0.2) is 15.0 Å². The number of oxazole rings is 1. The molecule has 0 aliphatic rings. The lowest BCUT2D eigenvalue weighted by molar-refractivity contribution is 0.558. The molecule has 0 aliphatic heterocycles. The third-order valence-electron chi connectivity index (χ3n) is 5.80. The fraction of sp³-hybridized carbons (Fsp3) is 0.115. The van der Waals surface area contributed by atoms with E-state index in [9.17, 15) is 0 Å². The van der Waals surface area contributed by atoms with Crippen LogP contribution in [0.1, 0.15) is 25.3 Å². The normalized spacial score (nSPS) is 11.8. The van der Waals surface area contributed by atoms with Crippen molar-refractivity contribution in [3.63, 3.8) is 0 Å². The second kappa shape index (κ2) is 6.77. The minimum Gasteiger partial charge on any atom is -0.455 e. The van der Waals surface area contributed by atoms with E-state index in [1.54, 1.807) is 12.6 Å². The van der Waals surface area contributed by atoms with Crippen LogP contribution in [0.25, 0.3) is 55.4 Å². The van der Waals surface area contributed by atoms with Crippen LogP contribution in [0.4, 0.5) is 0 Å². The molecule has 5 heteroatoms. The van der Waals surface area contributed by atoms with Gasteiger partial charge < -0.3 is 8.83 Å². The molecule has 0 atom stereocenters. The van der Waals surface area contributed by atoms with Crippen molar-refractivity contribution in [2.75, 3.05) is 0 Å². The van der Waals surface area contributed by atoms with Gasteiger partial charge in [-0.3, -0.25) is 0 Å². The molecule has 0 saturated heterocycles. The molecule has 3 aromatic heterocycles. The maximum Gasteiger partial charge on any atom is 0.181 e. The Morgan fingerprint density at radius 3 is 2.45 bits per heavy atom. The molecule has 0 saturated carbocycles. The van der Waals surface area contributed by atoms with Crippen LogP contribution in [0.5, 0.6) is 0 Å². The van der Waals surface area contributed by atoms with Crippen LogP contribution >= 0.6 is 0 Å². The van der Waals surface area contributed by atoms with E-state index >= 15 is 0 Å². The van der Waals surface area contributed by atoms with Gasteiger partial charge in [-0.15, -0.1) is 0 Å². The van der Waals surface area contributed by atoms with E-state index in [0.717, 1.165) is 55.4 Å². The van der Waals surface area contributed by atoms with Gasteiger partial charge in [0.05, 0.1) is 11.2 Å². The summed E-state index contributed by atoms with van der Waals surface area (Å²) in [5.41, 5.74) is 7.42. The highest BCUT2D eigenvalue weighted by molar-refractivity contribution is 6.12. The third kappa shape index (κ3) is 2.74. The molecule has 31 heavy (non-hydrogen) atoms. The number of furan rings is 1. The van der Waals surface area contributed by atoms with Crippen molar-refractivity contribution in [3.05, 3.63) is 79.1 Å². The first kappa shape index (κ1) is 17.8. The lowest BCUT2D eigenvalue weighted by atomic mass is 9.99. The molecular formula is C26H19N3O2. The maximum absolute atomic E-state index is 6.48. The first-order valence-electron chi connectivity index (χ1n) is 10.3. The van der Waals surface area contributed by atoms with Gasteiger partial charge in [0.15, 0.2) is 6.39 Å². The van der Waals surface area contributed by atoms with Crippen LogP contribution in [0.2, 0.25) is 0 Å². The smallest absolute Gasteiger partial charge is 0.181 e. The van der Waals surface area contributed by atoms with Gasteiger partial charge in [-0.2, -0.15) is 0 Å². The molecule has 3 heterocycles. The van der Waals surface area contributed by atoms with Crippen molar-refractivity contribution >= 4 is 32.8 Å². The molecule has 6 rings (SSSR count). The van der Waals surface area contributed by atoms with E-state index in [1.165, 1.54) is 12.0 Å². The van der Waals surface area contributed by atoms with Crippen LogP contribution < -0.4 is 0 Å². The molecular weight excluding hydrogens is 386 g/mol. The molecule has 150 valence electrons. The second-order valence-corrected chi connectivity index (χ2v) is 7.99. The standard InChI is InChI=1S/C26H19N3O2/c1-15(2)17-5-3-6-18-19-7-4-8-21(26(19)31-25(17)18)24-20-10-9-16(23-12-30-14-29-23)11-22(20)27-13-28-24/h3-15H,1-2H3. The van der Waals surface area contributed by atoms with E-state index in [2.05, 4.69) is 65.2 Å². The van der Waals surface area contributed by atoms with Crippen molar-refractivity contribution in [2.24, 2.45) is 0 Å². The Bertz CT molecular complexity index is 1560. The van der Waals surface area contributed by atoms with E-state index in [-0.39, 0.29) is 0 Å². The summed E-state index contributed by atoms with van der Waals surface area (Å²) >= 11 is 0. The Kier molecular flexibility index (Phi) is 3.90. The first-order chi connectivity index (χ1) is 15.2. The lowest BCUT2D eigenvalue weighted by Gasteiger charge is -2.07. The summed E-state index contributed by atoms with van der Waals surface area (Å²) in [5, 5.41) is 3.20. The van der Waals surface area contributed by atoms with Gasteiger partial charge in [0.25, 0.3) is 0 Å². The van der Waals surface area contributed by atoms with Crippen LogP contribution in [-0.2, 0) is 0 Å². The largest absolute Gasteiger partial charge is 0.455 e. The fourth-order valence-corrected chi connectivity index (χ4v) is 4.27. The molecule has 6 aromatic rings. The summed E-state index contributed by atoms with van der Waals surface area (Å²) in [4.78, 5) is 13.4. The SMILES string of the molecule is CC(C)c1cccc2c1oc1c(-c3ncnc4cc(-c5cocn5)ccc34)cccc12. The molecule has 0 spiro atoms. The molecule has 0 unspecified atom stereocenters.